The smallest absolute Gasteiger partial charge is 0.187 e. The number of nitrogens with one attached hydrogen (secondary N) is 1. The van der Waals surface area contributed by atoms with E-state index in [4.69, 9.17) is 42.6 Å². The molecule has 10 aliphatic rings. The maximum absolute atomic E-state index is 11.8. The first-order valence-corrected chi connectivity index (χ1v) is 26.8. The molecule has 72 heavy (non-hydrogen) atoms. The van der Waals surface area contributed by atoms with Crippen molar-refractivity contribution in [3.8, 4) is 0 Å². The van der Waals surface area contributed by atoms with Crippen LogP contribution in [0.25, 0.3) is 0 Å². The molecule has 0 aromatic rings. The second kappa shape index (κ2) is 21.1. The molecule has 31 atom stereocenters. The van der Waals surface area contributed by atoms with Gasteiger partial charge < -0.3 is 104 Å². The molecule has 414 valence electrons. The zero-order valence-corrected chi connectivity index (χ0v) is 41.8. The van der Waals surface area contributed by atoms with Crippen LogP contribution in [0.1, 0.15) is 91.9 Å². The van der Waals surface area contributed by atoms with E-state index < -0.39 is 143 Å². The van der Waals surface area contributed by atoms with E-state index in [0.29, 0.717) is 47.8 Å². The molecule has 10 rings (SSSR count). The highest BCUT2D eigenvalue weighted by molar-refractivity contribution is 5.16. The number of rotatable bonds is 11. The predicted octanol–water partition coefficient (Wildman–Crippen LogP) is -2.70. The first-order valence-electron chi connectivity index (χ1n) is 26.8. The largest absolute Gasteiger partial charge is 0.394 e. The van der Waals surface area contributed by atoms with Crippen LogP contribution in [0.2, 0.25) is 0 Å². The summed E-state index contributed by atoms with van der Waals surface area (Å²) in [6, 6.07) is 0. The summed E-state index contributed by atoms with van der Waals surface area (Å²) in [7, 11) is 0. The maximum atomic E-state index is 11.8. The molecule has 6 heterocycles. The lowest BCUT2D eigenvalue weighted by molar-refractivity contribution is -0.404. The van der Waals surface area contributed by atoms with Gasteiger partial charge in [-0.2, -0.15) is 0 Å². The van der Waals surface area contributed by atoms with Crippen molar-refractivity contribution in [1.82, 2.24) is 5.32 Å². The molecular weight excluding hydrogens is 951 g/mol. The third-order valence-corrected chi connectivity index (χ3v) is 20.2. The summed E-state index contributed by atoms with van der Waals surface area (Å²) in [5.74, 6) is 3.87. The first-order chi connectivity index (χ1) is 34.3. The summed E-state index contributed by atoms with van der Waals surface area (Å²) in [5, 5.41) is 133. The molecule has 13 N–H and O–H groups in total. The Hall–Kier alpha value is -0.880. The van der Waals surface area contributed by atoms with Crippen LogP contribution in [0.15, 0.2) is 0 Å². The molecule has 0 aromatic carbocycles. The molecule has 10 fully saturated rings. The fraction of sp³-hybridized carbons (Fsp3) is 1.00. The lowest BCUT2D eigenvalue weighted by atomic mass is 9.44. The number of hydrogen-bond acceptors (Lipinski definition) is 22. The zero-order valence-electron chi connectivity index (χ0n) is 41.8. The van der Waals surface area contributed by atoms with Gasteiger partial charge in [0.15, 0.2) is 25.2 Å². The van der Waals surface area contributed by atoms with Crippen molar-refractivity contribution in [2.75, 3.05) is 33.0 Å². The zero-order chi connectivity index (χ0) is 51.3. The Morgan fingerprint density at radius 3 is 1.88 bits per heavy atom. The Bertz CT molecular complexity index is 1830. The monoisotopic (exact) mass is 1030 g/mol. The molecule has 22 heteroatoms. The summed E-state index contributed by atoms with van der Waals surface area (Å²) in [4.78, 5) is 0. The van der Waals surface area contributed by atoms with E-state index in [1.165, 1.54) is 19.3 Å². The van der Waals surface area contributed by atoms with Gasteiger partial charge in [-0.05, 0) is 111 Å². The fourth-order valence-corrected chi connectivity index (χ4v) is 16.1. The molecule has 0 amide bonds. The van der Waals surface area contributed by atoms with E-state index in [2.05, 4.69) is 33.0 Å². The van der Waals surface area contributed by atoms with E-state index >= 15 is 0 Å². The first kappa shape index (κ1) is 54.5. The highest BCUT2D eigenvalue weighted by Gasteiger charge is 2.69. The number of aliphatic hydroxyl groups is 12. The van der Waals surface area contributed by atoms with Crippen molar-refractivity contribution in [2.45, 2.75) is 227 Å². The number of aliphatic hydroxyl groups excluding tert-OH is 12. The number of ether oxygens (including phenoxy) is 9. The van der Waals surface area contributed by atoms with Crippen molar-refractivity contribution in [1.29, 1.82) is 0 Å². The summed E-state index contributed by atoms with van der Waals surface area (Å²) in [5.41, 5.74) is 0.147. The Labute approximate surface area is 420 Å². The van der Waals surface area contributed by atoms with Crippen LogP contribution in [0.4, 0.5) is 0 Å². The van der Waals surface area contributed by atoms with Crippen LogP contribution < -0.4 is 5.32 Å². The molecule has 4 aliphatic carbocycles. The third kappa shape index (κ3) is 9.26. The molecule has 0 aromatic heterocycles. The number of fused-ring (bicyclic) bond motifs is 7. The minimum atomic E-state index is -1.99. The van der Waals surface area contributed by atoms with E-state index in [-0.39, 0.29) is 28.8 Å². The van der Waals surface area contributed by atoms with Gasteiger partial charge in [-0.25, -0.2) is 0 Å². The normalized spacial score (nSPS) is 57.8. The molecule has 6 saturated heterocycles. The Morgan fingerprint density at radius 1 is 0.542 bits per heavy atom. The van der Waals surface area contributed by atoms with Gasteiger partial charge in [-0.1, -0.05) is 27.7 Å². The second-order valence-corrected chi connectivity index (χ2v) is 24.0. The maximum Gasteiger partial charge on any atom is 0.187 e. The summed E-state index contributed by atoms with van der Waals surface area (Å²) in [6.07, 6.45) is -22.4. The van der Waals surface area contributed by atoms with Crippen molar-refractivity contribution < 1.29 is 104 Å². The minimum Gasteiger partial charge on any atom is -0.394 e. The van der Waals surface area contributed by atoms with Crippen molar-refractivity contribution in [2.24, 2.45) is 52.3 Å². The van der Waals surface area contributed by atoms with Crippen LogP contribution in [0.5, 0.6) is 0 Å². The Kier molecular flexibility index (Phi) is 15.9. The molecule has 0 bridgehead atoms. The van der Waals surface area contributed by atoms with E-state index in [0.717, 1.165) is 45.1 Å². The summed E-state index contributed by atoms with van der Waals surface area (Å²) >= 11 is 0. The molecule has 6 aliphatic heterocycles. The van der Waals surface area contributed by atoms with Gasteiger partial charge >= 0.3 is 0 Å². The van der Waals surface area contributed by atoms with E-state index in [9.17, 15) is 61.3 Å². The third-order valence-electron chi connectivity index (χ3n) is 20.2. The van der Waals surface area contributed by atoms with Crippen molar-refractivity contribution in [3.05, 3.63) is 0 Å². The Morgan fingerprint density at radius 2 is 1.17 bits per heavy atom. The van der Waals surface area contributed by atoms with Gasteiger partial charge in [-0.15, -0.1) is 0 Å². The molecule has 0 radical (unpaired) electrons. The van der Waals surface area contributed by atoms with Gasteiger partial charge in [0.05, 0.1) is 38.6 Å². The van der Waals surface area contributed by atoms with E-state index in [1.807, 2.05) is 0 Å². The molecule has 4 saturated carbocycles. The molecular formula is C50H83NO21. The standard InChI is InChI=1S/C50H83NO21/c1-20-7-12-50(51-15-20)21(2)32-28(72-50)14-26-24-6-5-22-13-23(8-10-48(22,3)25(24)9-11-49(26,32)4)65-45-40(63)37(60)41(31(18-54)68-45)69-47-43(71-46-39(62)36(59)34(57)29(16-52)66-46)42(35(58)30(17-53)67-47)70-44-38(61)33(56)27(55)19-64-44/h20-47,51-63H,5-19H2,1-4H3/t20-,21-,22-,23-,24+,25-,26-,27+,28-,29+,30+,31+,32-,33-,34+,35+,36-,37+,38+,39+,40+,41-,42-,43+,44-,45+,46-,47-,48-,49-,50+/m0/s1. The number of piperidine rings is 1. The molecule has 22 nitrogen and oxygen atoms in total. The van der Waals surface area contributed by atoms with Crippen LogP contribution in [-0.4, -0.2) is 229 Å². The minimum absolute atomic E-state index is 0.104. The highest BCUT2D eigenvalue weighted by Crippen LogP contribution is 2.71. The highest BCUT2D eigenvalue weighted by atomic mass is 16.8. The van der Waals surface area contributed by atoms with Gasteiger partial charge in [0, 0.05) is 12.5 Å². The van der Waals surface area contributed by atoms with Crippen molar-refractivity contribution in [3.63, 3.8) is 0 Å². The summed E-state index contributed by atoms with van der Waals surface area (Å²) in [6.45, 7) is 7.84. The predicted molar refractivity (Wildman–Crippen MR) is 244 cm³/mol. The fourth-order valence-electron chi connectivity index (χ4n) is 16.1. The molecule has 1 spiro atoms. The van der Waals surface area contributed by atoms with Gasteiger partial charge in [0.2, 0.25) is 0 Å². The van der Waals surface area contributed by atoms with Crippen LogP contribution in [-0.2, 0) is 42.6 Å². The average Bonchev–Trinajstić information content (AvgIpc) is 3.82. The van der Waals surface area contributed by atoms with Crippen LogP contribution in [0.3, 0.4) is 0 Å². The van der Waals surface area contributed by atoms with Gasteiger partial charge in [-0.3, -0.25) is 5.32 Å². The molecule has 0 unspecified atom stereocenters. The topological polar surface area (TPSA) is 338 Å². The van der Waals surface area contributed by atoms with E-state index in [1.54, 1.807) is 0 Å². The van der Waals surface area contributed by atoms with Crippen LogP contribution in [0, 0.1) is 52.3 Å². The Balaban J connectivity index is 0.812. The van der Waals surface area contributed by atoms with Gasteiger partial charge in [0.25, 0.3) is 0 Å². The van der Waals surface area contributed by atoms with Crippen LogP contribution >= 0.6 is 0 Å². The van der Waals surface area contributed by atoms with Gasteiger partial charge in [0.1, 0.15) is 97.3 Å². The van der Waals surface area contributed by atoms with Crippen molar-refractivity contribution >= 4 is 0 Å². The lowest BCUT2D eigenvalue weighted by Gasteiger charge is -2.61. The average molecular weight is 1030 g/mol. The quantitative estimate of drug-likeness (QED) is 0.0937. The number of hydrogen-bond donors (Lipinski definition) is 13. The second-order valence-electron chi connectivity index (χ2n) is 24.0. The SMILES string of the molecule is C[C@H]1CC[C@@]2(NC1)O[C@H]1C[C@H]3[C@@H]4CC[C@H]5C[C@@H](O[C@@H]6O[C@H](CO)[C@H](O[C@@H]7O[C@H](CO)[C@@H](O)[C@H](O[C@@H]8OC[C@@H](O)[C@H](O)[C@H]8O)[C@H]7O[C@@H]7O[C@H](CO)[C@@H](O)[C@H](O)[C@H]7O)[C@H](O)[C@H]6O)CC[C@]5(C)[C@H]4CC[C@]3(C)[C@H]1[C@@H]2C. The lowest BCUT2D eigenvalue weighted by Crippen LogP contribution is -2.68. The summed E-state index contributed by atoms with van der Waals surface area (Å²) < 4.78 is 55.0.